The molecular formula is C27H33N3O4. The van der Waals surface area contributed by atoms with Gasteiger partial charge in [0.15, 0.2) is 0 Å². The highest BCUT2D eigenvalue weighted by Gasteiger charge is 2.20. The first-order valence-electron chi connectivity index (χ1n) is 11.4. The van der Waals surface area contributed by atoms with Crippen LogP contribution in [0.3, 0.4) is 0 Å². The minimum Gasteiger partial charge on any atom is -0.497 e. The second-order valence-corrected chi connectivity index (χ2v) is 8.65. The molecule has 34 heavy (non-hydrogen) atoms. The van der Waals surface area contributed by atoms with Crippen molar-refractivity contribution in [1.82, 2.24) is 15.1 Å². The van der Waals surface area contributed by atoms with Gasteiger partial charge in [0.2, 0.25) is 0 Å². The van der Waals surface area contributed by atoms with Gasteiger partial charge in [-0.1, -0.05) is 26.0 Å². The summed E-state index contributed by atoms with van der Waals surface area (Å²) in [6.07, 6.45) is 0.890. The van der Waals surface area contributed by atoms with Crippen molar-refractivity contribution in [1.29, 1.82) is 0 Å². The fourth-order valence-corrected chi connectivity index (χ4v) is 4.04. The molecule has 1 amide bonds. The van der Waals surface area contributed by atoms with Crippen molar-refractivity contribution in [3.63, 3.8) is 0 Å². The molecule has 7 heteroatoms. The second-order valence-electron chi connectivity index (χ2n) is 8.65. The topological polar surface area (TPSA) is 82.5 Å². The predicted octanol–water partition coefficient (Wildman–Crippen LogP) is 4.73. The predicted molar refractivity (Wildman–Crippen MR) is 131 cm³/mol. The summed E-state index contributed by atoms with van der Waals surface area (Å²) in [5.41, 5.74) is 5.35. The van der Waals surface area contributed by atoms with E-state index in [-0.39, 0.29) is 23.8 Å². The minimum absolute atomic E-state index is 0.119. The molecule has 180 valence electrons. The molecule has 1 N–H and O–H groups in total. The van der Waals surface area contributed by atoms with Crippen LogP contribution in [0.25, 0.3) is 5.69 Å². The molecule has 1 heterocycles. The fourth-order valence-electron chi connectivity index (χ4n) is 4.04. The molecule has 3 rings (SSSR count). The number of aryl methyl sites for hydroxylation is 1. The van der Waals surface area contributed by atoms with Gasteiger partial charge in [-0.15, -0.1) is 0 Å². The van der Waals surface area contributed by atoms with Crippen molar-refractivity contribution in [2.24, 2.45) is 5.92 Å². The molecule has 0 radical (unpaired) electrons. The highest BCUT2D eigenvalue weighted by Crippen LogP contribution is 2.25. The lowest BCUT2D eigenvalue weighted by Crippen LogP contribution is -2.31. The van der Waals surface area contributed by atoms with Gasteiger partial charge in [0.1, 0.15) is 5.75 Å². The Bertz CT molecular complexity index is 1130. The molecule has 0 bridgehead atoms. The van der Waals surface area contributed by atoms with E-state index in [9.17, 15) is 9.59 Å². The number of ether oxygens (including phenoxy) is 2. The van der Waals surface area contributed by atoms with E-state index in [1.807, 2.05) is 54.9 Å². The van der Waals surface area contributed by atoms with Crippen LogP contribution in [0, 0.1) is 19.8 Å². The quantitative estimate of drug-likeness (QED) is 0.464. The van der Waals surface area contributed by atoms with E-state index in [0.717, 1.165) is 34.0 Å². The van der Waals surface area contributed by atoms with E-state index in [1.54, 1.807) is 19.2 Å². The molecule has 0 saturated carbocycles. The Labute approximate surface area is 201 Å². The molecule has 0 saturated heterocycles. The van der Waals surface area contributed by atoms with Gasteiger partial charge in [0.05, 0.1) is 31.6 Å². The maximum atomic E-state index is 13.0. The Morgan fingerprint density at radius 3 is 2.21 bits per heavy atom. The van der Waals surface area contributed by atoms with Gasteiger partial charge in [0, 0.05) is 17.7 Å². The number of methoxy groups -OCH3 is 2. The molecule has 3 aromatic rings. The Balaban J connectivity index is 1.75. The molecule has 1 unspecified atom stereocenters. The summed E-state index contributed by atoms with van der Waals surface area (Å²) in [6.45, 7) is 8.08. The van der Waals surface area contributed by atoms with E-state index < -0.39 is 0 Å². The van der Waals surface area contributed by atoms with E-state index in [1.165, 1.54) is 7.11 Å². The first-order chi connectivity index (χ1) is 16.2. The summed E-state index contributed by atoms with van der Waals surface area (Å²) < 4.78 is 11.8. The summed E-state index contributed by atoms with van der Waals surface area (Å²) in [7, 11) is 3.03. The Morgan fingerprint density at radius 1 is 1.00 bits per heavy atom. The number of amides is 1. The number of nitrogens with one attached hydrogen (secondary N) is 1. The van der Waals surface area contributed by atoms with Crippen molar-refractivity contribution in [3.05, 3.63) is 76.6 Å². The van der Waals surface area contributed by atoms with Gasteiger partial charge < -0.3 is 14.8 Å². The lowest BCUT2D eigenvalue weighted by atomic mass is 9.95. The van der Waals surface area contributed by atoms with Crippen LogP contribution in [0.5, 0.6) is 5.75 Å². The number of benzene rings is 2. The smallest absolute Gasteiger partial charge is 0.305 e. The van der Waals surface area contributed by atoms with Crippen molar-refractivity contribution in [2.45, 2.75) is 46.6 Å². The van der Waals surface area contributed by atoms with Crippen LogP contribution < -0.4 is 10.1 Å². The number of hydrogen-bond donors (Lipinski definition) is 1. The Morgan fingerprint density at radius 2 is 1.65 bits per heavy atom. The van der Waals surface area contributed by atoms with Crippen LogP contribution in [0.15, 0.2) is 48.5 Å². The average Bonchev–Trinajstić information content (AvgIpc) is 3.13. The fraction of sp³-hybridized carbons (Fsp3) is 0.370. The maximum Gasteiger partial charge on any atom is 0.305 e. The first kappa shape index (κ1) is 25.0. The van der Waals surface area contributed by atoms with Gasteiger partial charge in [-0.05, 0) is 73.7 Å². The van der Waals surface area contributed by atoms with Gasteiger partial charge >= 0.3 is 5.97 Å². The standard InChI is InChI=1S/C27H33N3O4/c1-17(2)26(20-9-13-23(33-5)14-10-20)28-27(32)21-7-11-22(12-8-21)30-19(4)24(18(3)29-30)15-16-25(31)34-6/h7-14,17,26H,15-16H2,1-6H3,(H,28,32). The van der Waals surface area contributed by atoms with Crippen molar-refractivity contribution >= 4 is 11.9 Å². The number of hydrogen-bond acceptors (Lipinski definition) is 5. The van der Waals surface area contributed by atoms with Crippen LogP contribution >= 0.6 is 0 Å². The van der Waals surface area contributed by atoms with Gasteiger partial charge in [-0.25, -0.2) is 4.68 Å². The normalized spacial score (nSPS) is 11.9. The van der Waals surface area contributed by atoms with E-state index in [0.29, 0.717) is 18.4 Å². The molecule has 0 aliphatic heterocycles. The minimum atomic E-state index is -0.240. The highest BCUT2D eigenvalue weighted by atomic mass is 16.5. The number of aromatic nitrogens is 2. The monoisotopic (exact) mass is 463 g/mol. The third kappa shape index (κ3) is 5.65. The lowest BCUT2D eigenvalue weighted by Gasteiger charge is -2.23. The second kappa shape index (κ2) is 11.0. The number of esters is 1. The Kier molecular flexibility index (Phi) is 8.10. The number of rotatable bonds is 9. The lowest BCUT2D eigenvalue weighted by molar-refractivity contribution is -0.140. The number of carbonyl (C=O) groups is 2. The Hall–Kier alpha value is -3.61. The third-order valence-electron chi connectivity index (χ3n) is 6.05. The van der Waals surface area contributed by atoms with Crippen LogP contribution in [0.4, 0.5) is 0 Å². The van der Waals surface area contributed by atoms with Crippen molar-refractivity contribution < 1.29 is 19.1 Å². The third-order valence-corrected chi connectivity index (χ3v) is 6.05. The largest absolute Gasteiger partial charge is 0.497 e. The summed E-state index contributed by atoms with van der Waals surface area (Å²) in [6, 6.07) is 15.0. The number of carbonyl (C=O) groups excluding carboxylic acids is 2. The maximum absolute atomic E-state index is 13.0. The van der Waals surface area contributed by atoms with E-state index >= 15 is 0 Å². The zero-order valence-electron chi connectivity index (χ0n) is 20.7. The number of nitrogens with zero attached hydrogens (tertiary/aromatic N) is 2. The van der Waals surface area contributed by atoms with E-state index in [4.69, 9.17) is 9.47 Å². The molecule has 1 aromatic heterocycles. The molecule has 1 atom stereocenters. The van der Waals surface area contributed by atoms with E-state index in [2.05, 4.69) is 24.3 Å². The molecular weight excluding hydrogens is 430 g/mol. The summed E-state index contributed by atoms with van der Waals surface area (Å²) in [5, 5.41) is 7.80. The van der Waals surface area contributed by atoms with Crippen LogP contribution in [0.2, 0.25) is 0 Å². The zero-order valence-corrected chi connectivity index (χ0v) is 20.7. The van der Waals surface area contributed by atoms with Crippen molar-refractivity contribution in [3.8, 4) is 11.4 Å². The van der Waals surface area contributed by atoms with Crippen molar-refractivity contribution in [2.75, 3.05) is 14.2 Å². The summed E-state index contributed by atoms with van der Waals surface area (Å²) in [5.74, 6) is 0.630. The van der Waals surface area contributed by atoms with Gasteiger partial charge in [0.25, 0.3) is 5.91 Å². The molecule has 0 spiro atoms. The zero-order chi connectivity index (χ0) is 24.8. The van der Waals surface area contributed by atoms with Gasteiger partial charge in [-0.2, -0.15) is 5.10 Å². The first-order valence-corrected chi connectivity index (χ1v) is 11.4. The molecule has 0 aliphatic rings. The van der Waals surface area contributed by atoms with Crippen LogP contribution in [0.1, 0.15) is 59.2 Å². The SMILES string of the molecule is COC(=O)CCc1c(C)nn(-c2ccc(C(=O)NC(c3ccc(OC)cc3)C(C)C)cc2)c1C. The van der Waals surface area contributed by atoms with Crippen LogP contribution in [-0.2, 0) is 16.0 Å². The van der Waals surface area contributed by atoms with Crippen LogP contribution in [-0.4, -0.2) is 35.9 Å². The highest BCUT2D eigenvalue weighted by molar-refractivity contribution is 5.94. The summed E-state index contributed by atoms with van der Waals surface area (Å²) >= 11 is 0. The summed E-state index contributed by atoms with van der Waals surface area (Å²) in [4.78, 5) is 24.5. The molecule has 2 aromatic carbocycles. The molecule has 7 nitrogen and oxygen atoms in total. The molecule has 0 fully saturated rings. The molecule has 0 aliphatic carbocycles. The average molecular weight is 464 g/mol. The van der Waals surface area contributed by atoms with Gasteiger partial charge in [-0.3, -0.25) is 9.59 Å².